The van der Waals surface area contributed by atoms with Crippen molar-refractivity contribution in [2.24, 2.45) is 10.4 Å². The number of rotatable bonds is 0. The summed E-state index contributed by atoms with van der Waals surface area (Å²) >= 11 is 0. The minimum Gasteiger partial charge on any atom is -0.484 e. The molecular weight excluding hydrogens is 150 g/mol. The smallest absolute Gasteiger partial charge is 0.183 e. The van der Waals surface area contributed by atoms with Crippen LogP contribution in [0.2, 0.25) is 0 Å². The predicted molar refractivity (Wildman–Crippen MR) is 49.4 cm³/mol. The van der Waals surface area contributed by atoms with Crippen molar-refractivity contribution in [3.63, 3.8) is 0 Å². The fraction of sp³-hybridized carbons (Fsp3) is 0.900. The van der Waals surface area contributed by atoms with Crippen molar-refractivity contribution >= 4 is 5.90 Å². The molecule has 2 heteroatoms. The first kappa shape index (κ1) is 8.09. The molecule has 0 aromatic carbocycles. The molecule has 1 fully saturated rings. The Bertz CT molecular complexity index is 192. The SMILES string of the molecule is COC1=NCC2(CCCCC2)C1. The molecule has 1 saturated carbocycles. The normalized spacial score (nSPS) is 27.2. The van der Waals surface area contributed by atoms with E-state index in [-0.39, 0.29) is 0 Å². The molecule has 68 valence electrons. The first-order valence-electron chi connectivity index (χ1n) is 4.92. The molecule has 1 heterocycles. The van der Waals surface area contributed by atoms with Gasteiger partial charge in [-0.3, -0.25) is 4.99 Å². The molecule has 1 spiro atoms. The molecule has 2 nitrogen and oxygen atoms in total. The number of nitrogens with zero attached hydrogens (tertiary/aromatic N) is 1. The molecule has 0 saturated heterocycles. The average molecular weight is 167 g/mol. The van der Waals surface area contributed by atoms with Gasteiger partial charge in [0.25, 0.3) is 0 Å². The second-order valence-corrected chi connectivity index (χ2v) is 4.15. The van der Waals surface area contributed by atoms with E-state index in [0.29, 0.717) is 5.41 Å². The minimum absolute atomic E-state index is 0.517. The van der Waals surface area contributed by atoms with Gasteiger partial charge in [-0.05, 0) is 18.3 Å². The van der Waals surface area contributed by atoms with Crippen LogP contribution >= 0.6 is 0 Å². The summed E-state index contributed by atoms with van der Waals surface area (Å²) in [4.78, 5) is 4.43. The first-order chi connectivity index (χ1) is 5.85. The van der Waals surface area contributed by atoms with E-state index in [1.54, 1.807) is 7.11 Å². The highest BCUT2D eigenvalue weighted by atomic mass is 16.5. The summed E-state index contributed by atoms with van der Waals surface area (Å²) in [6, 6.07) is 0. The number of hydrogen-bond acceptors (Lipinski definition) is 2. The van der Waals surface area contributed by atoms with E-state index in [9.17, 15) is 0 Å². The van der Waals surface area contributed by atoms with Gasteiger partial charge in [0, 0.05) is 13.0 Å². The zero-order valence-corrected chi connectivity index (χ0v) is 7.81. The monoisotopic (exact) mass is 167 g/mol. The highest BCUT2D eigenvalue weighted by Gasteiger charge is 2.37. The second-order valence-electron chi connectivity index (χ2n) is 4.15. The van der Waals surface area contributed by atoms with E-state index in [1.165, 1.54) is 32.1 Å². The summed E-state index contributed by atoms with van der Waals surface area (Å²) in [6.45, 7) is 1.02. The third kappa shape index (κ3) is 1.35. The minimum atomic E-state index is 0.517. The Morgan fingerprint density at radius 3 is 2.58 bits per heavy atom. The Hall–Kier alpha value is -0.530. The molecule has 0 unspecified atom stereocenters. The summed E-state index contributed by atoms with van der Waals surface area (Å²) in [6.07, 6.45) is 8.04. The van der Waals surface area contributed by atoms with Crippen LogP contribution in [0.3, 0.4) is 0 Å². The lowest BCUT2D eigenvalue weighted by Crippen LogP contribution is -2.25. The molecule has 12 heavy (non-hydrogen) atoms. The lowest BCUT2D eigenvalue weighted by atomic mass is 9.73. The van der Waals surface area contributed by atoms with Gasteiger partial charge in [-0.25, -0.2) is 0 Å². The number of methoxy groups -OCH3 is 1. The summed E-state index contributed by atoms with van der Waals surface area (Å²) in [5.41, 5.74) is 0.517. The van der Waals surface area contributed by atoms with Crippen molar-refractivity contribution in [1.82, 2.24) is 0 Å². The fourth-order valence-corrected chi connectivity index (χ4v) is 2.46. The Morgan fingerprint density at radius 1 is 1.25 bits per heavy atom. The Morgan fingerprint density at radius 2 is 2.00 bits per heavy atom. The number of ether oxygens (including phenoxy) is 1. The Kier molecular flexibility index (Phi) is 2.07. The quantitative estimate of drug-likeness (QED) is 0.543. The molecule has 1 aliphatic heterocycles. The topological polar surface area (TPSA) is 21.6 Å². The van der Waals surface area contributed by atoms with Crippen LogP contribution in [0.15, 0.2) is 4.99 Å². The van der Waals surface area contributed by atoms with Crippen LogP contribution in [0.1, 0.15) is 38.5 Å². The van der Waals surface area contributed by atoms with E-state index < -0.39 is 0 Å². The van der Waals surface area contributed by atoms with Crippen LogP contribution in [0.25, 0.3) is 0 Å². The summed E-state index contributed by atoms with van der Waals surface area (Å²) in [5.74, 6) is 0.983. The lowest BCUT2D eigenvalue weighted by molar-refractivity contribution is 0.215. The van der Waals surface area contributed by atoms with E-state index in [4.69, 9.17) is 4.74 Å². The van der Waals surface area contributed by atoms with Crippen LogP contribution in [-0.4, -0.2) is 19.6 Å². The third-order valence-electron chi connectivity index (χ3n) is 3.27. The van der Waals surface area contributed by atoms with Crippen molar-refractivity contribution in [1.29, 1.82) is 0 Å². The van der Waals surface area contributed by atoms with Crippen molar-refractivity contribution in [3.8, 4) is 0 Å². The maximum atomic E-state index is 5.19. The molecule has 0 aromatic rings. The van der Waals surface area contributed by atoms with E-state index in [1.807, 2.05) is 0 Å². The van der Waals surface area contributed by atoms with Gasteiger partial charge in [-0.1, -0.05) is 19.3 Å². The van der Waals surface area contributed by atoms with Crippen LogP contribution in [0.5, 0.6) is 0 Å². The summed E-state index contributed by atoms with van der Waals surface area (Å²) in [5, 5.41) is 0. The molecule has 0 radical (unpaired) electrons. The standard InChI is InChI=1S/C10H17NO/c1-12-9-7-10(8-11-9)5-3-2-4-6-10/h2-8H2,1H3. The molecular formula is C10H17NO. The zero-order valence-electron chi connectivity index (χ0n) is 7.81. The van der Waals surface area contributed by atoms with Crippen LogP contribution in [0, 0.1) is 5.41 Å². The van der Waals surface area contributed by atoms with Crippen LogP contribution in [-0.2, 0) is 4.74 Å². The third-order valence-corrected chi connectivity index (χ3v) is 3.27. The second kappa shape index (κ2) is 3.08. The molecule has 0 bridgehead atoms. The maximum Gasteiger partial charge on any atom is 0.183 e. The van der Waals surface area contributed by atoms with Crippen molar-refractivity contribution < 1.29 is 4.74 Å². The molecule has 0 atom stereocenters. The summed E-state index contributed by atoms with van der Waals surface area (Å²) in [7, 11) is 1.74. The van der Waals surface area contributed by atoms with Gasteiger partial charge < -0.3 is 4.74 Å². The predicted octanol–water partition coefficient (Wildman–Crippen LogP) is 2.39. The van der Waals surface area contributed by atoms with Gasteiger partial charge in [0.15, 0.2) is 5.90 Å². The first-order valence-corrected chi connectivity index (χ1v) is 4.92. The molecule has 2 rings (SSSR count). The largest absolute Gasteiger partial charge is 0.484 e. The maximum absolute atomic E-state index is 5.19. The number of hydrogen-bond donors (Lipinski definition) is 0. The lowest BCUT2D eigenvalue weighted by Gasteiger charge is -2.31. The van der Waals surface area contributed by atoms with Gasteiger partial charge >= 0.3 is 0 Å². The Balaban J connectivity index is 1.97. The molecule has 0 N–H and O–H groups in total. The van der Waals surface area contributed by atoms with Crippen LogP contribution < -0.4 is 0 Å². The van der Waals surface area contributed by atoms with Crippen molar-refractivity contribution in [3.05, 3.63) is 0 Å². The summed E-state index contributed by atoms with van der Waals surface area (Å²) < 4.78 is 5.19. The van der Waals surface area contributed by atoms with Gasteiger partial charge in [-0.2, -0.15) is 0 Å². The van der Waals surface area contributed by atoms with Gasteiger partial charge in [-0.15, -0.1) is 0 Å². The highest BCUT2D eigenvalue weighted by molar-refractivity contribution is 5.78. The Labute approximate surface area is 74.0 Å². The molecule has 0 amide bonds. The number of aliphatic imine (C=N–C) groups is 1. The zero-order chi connectivity index (χ0) is 8.44. The molecule has 2 aliphatic rings. The van der Waals surface area contributed by atoms with Crippen molar-refractivity contribution in [2.75, 3.05) is 13.7 Å². The van der Waals surface area contributed by atoms with E-state index in [0.717, 1.165) is 18.9 Å². The van der Waals surface area contributed by atoms with Crippen LogP contribution in [0.4, 0.5) is 0 Å². The fourth-order valence-electron chi connectivity index (χ4n) is 2.46. The average Bonchev–Trinajstić information content (AvgIpc) is 2.50. The highest BCUT2D eigenvalue weighted by Crippen LogP contribution is 2.42. The van der Waals surface area contributed by atoms with Gasteiger partial charge in [0.05, 0.1) is 7.11 Å². The van der Waals surface area contributed by atoms with Gasteiger partial charge in [0.2, 0.25) is 0 Å². The van der Waals surface area contributed by atoms with Crippen molar-refractivity contribution in [2.45, 2.75) is 38.5 Å². The van der Waals surface area contributed by atoms with E-state index >= 15 is 0 Å². The van der Waals surface area contributed by atoms with E-state index in [2.05, 4.69) is 4.99 Å². The molecule has 1 aliphatic carbocycles. The molecule has 0 aromatic heterocycles. The van der Waals surface area contributed by atoms with Gasteiger partial charge in [0.1, 0.15) is 0 Å².